The van der Waals surface area contributed by atoms with Crippen LogP contribution in [0.1, 0.15) is 40.8 Å². The van der Waals surface area contributed by atoms with E-state index in [-0.39, 0.29) is 31.1 Å². The molecule has 6 amide bonds. The van der Waals surface area contributed by atoms with Crippen molar-refractivity contribution in [3.63, 3.8) is 0 Å². The maximum atomic E-state index is 11.7. The van der Waals surface area contributed by atoms with Crippen LogP contribution in [0.15, 0.2) is 194 Å². The summed E-state index contributed by atoms with van der Waals surface area (Å²) in [5.74, 6) is -4.83. The number of nitrogens with one attached hydrogen (secondary N) is 2. The molecule has 0 saturated carbocycles. The molecule has 0 aromatic heterocycles. The summed E-state index contributed by atoms with van der Waals surface area (Å²) in [6.07, 6.45) is 17.0. The maximum Gasteiger partial charge on any atom is 0.328 e. The first kappa shape index (κ1) is 64.6. The molecule has 18 nitrogen and oxygen atoms in total. The van der Waals surface area contributed by atoms with E-state index in [1.54, 1.807) is 60.3 Å². The number of carbonyl (C=O) groups is 8. The summed E-state index contributed by atoms with van der Waals surface area (Å²) < 4.78 is 19.3. The Morgan fingerprint density at radius 3 is 0.887 bits per heavy atom. The Kier molecular flexibility index (Phi) is 26.0. The first-order valence-electron chi connectivity index (χ1n) is 23.7. The molecule has 0 fully saturated rings. The summed E-state index contributed by atoms with van der Waals surface area (Å²) in [4.78, 5) is 93.0. The lowest BCUT2D eigenvalue weighted by Crippen LogP contribution is -2.29. The largest absolute Gasteiger partial charge is 0.478 e. The molecule has 2 heterocycles. The number of nitrogens with two attached hydrogens (primary N) is 2. The summed E-state index contributed by atoms with van der Waals surface area (Å²) >= 11 is 1.75. The molecule has 8 rings (SSSR count). The maximum absolute atomic E-state index is 11.7. The zero-order chi connectivity index (χ0) is 58.1. The van der Waals surface area contributed by atoms with Gasteiger partial charge in [0.15, 0.2) is 0 Å². The number of hydrogen-bond donors (Lipinski definition) is 6. The van der Waals surface area contributed by atoms with Gasteiger partial charge < -0.3 is 32.3 Å². The van der Waals surface area contributed by atoms with Crippen molar-refractivity contribution in [2.75, 3.05) is 56.9 Å². The molecule has 0 bridgehead atoms. The van der Waals surface area contributed by atoms with Gasteiger partial charge >= 0.3 is 11.9 Å². The molecule has 20 heteroatoms. The van der Waals surface area contributed by atoms with Crippen molar-refractivity contribution in [1.29, 1.82) is 0 Å². The highest BCUT2D eigenvalue weighted by atomic mass is 32.2. The Balaban J connectivity index is 0.000000303. The van der Waals surface area contributed by atoms with Gasteiger partial charge in [-0.2, -0.15) is 11.8 Å². The fourth-order valence-corrected chi connectivity index (χ4v) is 6.89. The molecule has 416 valence electrons. The van der Waals surface area contributed by atoms with E-state index in [4.69, 9.17) is 21.7 Å². The molecule has 0 aliphatic carbocycles. The number of imide groups is 2. The standard InChI is InChI=1S/C21H18N2O6.C21H14N2O4.C13H14N2.C2H6O2S.C2H6S.CH4/c24-18(9-11-20(26)27)22-16-5-1-14(2-6-16)13-15-3-7-17(8-4-15)23-19(25)10-12-21(28)29;24-18-9-10-19(25)22(18)16-5-1-14(2-6-16)13-15-3-7-17(8-4-15)23-20(26)11-12-21(23)27;14-12-5-1-10(2-6-12)9-11-3-7-13(15)8-4-11;1-5(2,3)4;1-3-2;/h1-12H,13H2,(H,22,24)(H,23,25)(H,26,27)(H,28,29);1-12H,13H2;1-8H,9,14-15H2;1-2H3;1-2H3;1H4/b11-9-,12-10-;;;;;. The molecule has 0 unspecified atom stereocenters. The second-order valence-electron chi connectivity index (χ2n) is 17.3. The number of carbonyl (C=O) groups excluding carboxylic acids is 6. The average Bonchev–Trinajstić information content (AvgIpc) is 3.92. The number of carboxylic acids is 2. The molecule has 0 spiro atoms. The Morgan fingerprint density at radius 1 is 0.450 bits per heavy atom. The third-order valence-corrected chi connectivity index (χ3v) is 10.4. The van der Waals surface area contributed by atoms with Crippen molar-refractivity contribution in [3.8, 4) is 0 Å². The minimum Gasteiger partial charge on any atom is -0.478 e. The van der Waals surface area contributed by atoms with Gasteiger partial charge in [0.05, 0.1) is 11.4 Å². The molecule has 8 N–H and O–H groups in total. The van der Waals surface area contributed by atoms with Crippen LogP contribution < -0.4 is 31.9 Å². The highest BCUT2D eigenvalue weighted by molar-refractivity contribution is 7.97. The van der Waals surface area contributed by atoms with Gasteiger partial charge in [-0.15, -0.1) is 0 Å². The van der Waals surface area contributed by atoms with Gasteiger partial charge in [-0.1, -0.05) is 80.2 Å². The molecule has 0 radical (unpaired) electrons. The van der Waals surface area contributed by atoms with E-state index >= 15 is 0 Å². The van der Waals surface area contributed by atoms with E-state index in [1.165, 1.54) is 35.4 Å². The number of benzene rings is 6. The van der Waals surface area contributed by atoms with Crippen LogP contribution in [0, 0.1) is 0 Å². The van der Waals surface area contributed by atoms with E-state index < -0.39 is 33.6 Å². The molecule has 0 atom stereocenters. The van der Waals surface area contributed by atoms with Crippen LogP contribution in [-0.2, 0) is 67.5 Å². The first-order valence-corrected chi connectivity index (χ1v) is 27.6. The Labute approximate surface area is 469 Å². The highest BCUT2D eigenvalue weighted by Gasteiger charge is 2.26. The number of carboxylic acid groups (broad SMARTS) is 2. The zero-order valence-electron chi connectivity index (χ0n) is 43.4. The third kappa shape index (κ3) is 23.7. The van der Waals surface area contributed by atoms with Gasteiger partial charge in [0.25, 0.3) is 23.6 Å². The summed E-state index contributed by atoms with van der Waals surface area (Å²) in [5.41, 5.74) is 21.5. The van der Waals surface area contributed by atoms with Gasteiger partial charge in [0.2, 0.25) is 11.8 Å². The SMILES string of the molecule is C.CS(C)(=O)=O.CSC.Nc1ccc(Cc2ccc(N)cc2)cc1.O=C(O)/C=C\C(=O)Nc1ccc(Cc2ccc(NC(=O)/C=C\C(=O)O)cc2)cc1.O=C1C=CC(=O)N1c1ccc(Cc2ccc(N3C(=O)C=CC3=O)cc2)cc1. The van der Waals surface area contributed by atoms with E-state index in [2.05, 4.69) is 10.6 Å². The number of nitrogens with zero attached hydrogens (tertiary/aromatic N) is 2. The summed E-state index contributed by atoms with van der Waals surface area (Å²) in [5, 5.41) is 22.1. The van der Waals surface area contributed by atoms with E-state index in [1.807, 2.05) is 110 Å². The van der Waals surface area contributed by atoms with Gasteiger partial charge in [0.1, 0.15) is 9.84 Å². The minimum atomic E-state index is -2.67. The van der Waals surface area contributed by atoms with Crippen molar-refractivity contribution in [2.24, 2.45) is 0 Å². The van der Waals surface area contributed by atoms with Crippen molar-refractivity contribution in [1.82, 2.24) is 0 Å². The zero-order valence-corrected chi connectivity index (χ0v) is 45.1. The van der Waals surface area contributed by atoms with E-state index in [9.17, 15) is 46.8 Å². The van der Waals surface area contributed by atoms with Gasteiger partial charge in [-0.3, -0.25) is 28.8 Å². The van der Waals surface area contributed by atoms with Crippen LogP contribution in [0.5, 0.6) is 0 Å². The molecule has 2 aliphatic rings. The van der Waals surface area contributed by atoms with Crippen molar-refractivity contribution >= 4 is 103 Å². The first-order chi connectivity index (χ1) is 37.5. The van der Waals surface area contributed by atoms with Crippen LogP contribution in [0.2, 0.25) is 0 Å². The van der Waals surface area contributed by atoms with Crippen LogP contribution in [-0.4, -0.2) is 91.0 Å². The predicted molar refractivity (Wildman–Crippen MR) is 317 cm³/mol. The fraction of sp³-hybridized carbons (Fsp3) is 0.133. The van der Waals surface area contributed by atoms with Crippen molar-refractivity contribution in [3.05, 3.63) is 228 Å². The lowest BCUT2D eigenvalue weighted by Gasteiger charge is -2.15. The Morgan fingerprint density at radius 2 is 0.662 bits per heavy atom. The van der Waals surface area contributed by atoms with Crippen LogP contribution in [0.4, 0.5) is 34.1 Å². The van der Waals surface area contributed by atoms with Crippen molar-refractivity contribution in [2.45, 2.75) is 26.7 Å². The normalized spacial score (nSPS) is 12.2. The lowest BCUT2D eigenvalue weighted by molar-refractivity contribution is -0.132. The summed E-state index contributed by atoms with van der Waals surface area (Å²) in [6.45, 7) is 0. The van der Waals surface area contributed by atoms with E-state index in [0.29, 0.717) is 35.6 Å². The third-order valence-electron chi connectivity index (χ3n) is 10.4. The number of anilines is 6. The number of amides is 6. The average molecular weight is 1120 g/mol. The molecule has 0 saturated heterocycles. The minimum absolute atomic E-state index is 0. The predicted octanol–water partition coefficient (Wildman–Crippen LogP) is 8.29. The number of nitrogen functional groups attached to an aromatic ring is 2. The fourth-order valence-electron chi connectivity index (χ4n) is 6.89. The van der Waals surface area contributed by atoms with Gasteiger partial charge in [-0.05, 0) is 138 Å². The Hall–Kier alpha value is -9.66. The molecular weight excluding hydrogens is 1060 g/mol. The van der Waals surface area contributed by atoms with Crippen LogP contribution in [0.3, 0.4) is 0 Å². The number of sulfone groups is 1. The van der Waals surface area contributed by atoms with E-state index in [0.717, 1.165) is 86.7 Å². The Bertz CT molecular complexity index is 3090. The molecule has 80 heavy (non-hydrogen) atoms. The number of hydrogen-bond acceptors (Lipinski definition) is 13. The second-order valence-corrected chi connectivity index (χ2v) is 20.4. The number of thioether (sulfide) groups is 1. The molecule has 2 aliphatic heterocycles. The molecular formula is C60H62N6O12S2. The van der Waals surface area contributed by atoms with Gasteiger partial charge in [0, 0.05) is 83.9 Å². The van der Waals surface area contributed by atoms with Gasteiger partial charge in [-0.25, -0.2) is 27.8 Å². The number of rotatable bonds is 14. The van der Waals surface area contributed by atoms with Crippen LogP contribution in [0.25, 0.3) is 0 Å². The molecule has 6 aromatic rings. The smallest absolute Gasteiger partial charge is 0.328 e. The second kappa shape index (κ2) is 32.2. The summed E-state index contributed by atoms with van der Waals surface area (Å²) in [6, 6.07) is 44.5. The molecule has 6 aromatic carbocycles. The van der Waals surface area contributed by atoms with Crippen molar-refractivity contribution < 1.29 is 57.0 Å². The van der Waals surface area contributed by atoms with Crippen LogP contribution >= 0.6 is 11.8 Å². The highest BCUT2D eigenvalue weighted by Crippen LogP contribution is 2.24. The summed E-state index contributed by atoms with van der Waals surface area (Å²) in [7, 11) is -2.67. The topological polar surface area (TPSA) is 294 Å². The monoisotopic (exact) mass is 1120 g/mol. The number of aliphatic carboxylic acids is 2. The quantitative estimate of drug-likeness (QED) is 0.0340. The lowest BCUT2D eigenvalue weighted by atomic mass is 10.0.